The van der Waals surface area contributed by atoms with Crippen LogP contribution in [-0.4, -0.2) is 45.4 Å². The molecule has 1 N–H and O–H groups in total. The third-order valence-electron chi connectivity index (χ3n) is 5.29. The molecule has 0 radical (unpaired) electrons. The van der Waals surface area contributed by atoms with Gasteiger partial charge in [0.25, 0.3) is 15.9 Å². The summed E-state index contributed by atoms with van der Waals surface area (Å²) in [5.41, 5.74) is 0.700. The summed E-state index contributed by atoms with van der Waals surface area (Å²) in [7, 11) is -4.00. The van der Waals surface area contributed by atoms with E-state index in [4.69, 9.17) is 0 Å². The largest absolute Gasteiger partial charge is 0.366 e. The van der Waals surface area contributed by atoms with Crippen LogP contribution in [0.1, 0.15) is 10.4 Å². The minimum absolute atomic E-state index is 0.0818. The number of nitrogens with zero attached hydrogens (tertiary/aromatic N) is 2. The third-order valence-corrected chi connectivity index (χ3v) is 6.67. The predicted octanol–water partition coefficient (Wildman–Crippen LogP) is 3.73. The van der Waals surface area contributed by atoms with E-state index in [1.807, 2.05) is 4.90 Å². The number of hydrogen-bond donors (Lipinski definition) is 1. The fourth-order valence-corrected chi connectivity index (χ4v) is 4.63. The fraction of sp³-hybridized carbons (Fsp3) is 0.174. The Morgan fingerprint density at radius 1 is 0.781 bits per heavy atom. The van der Waals surface area contributed by atoms with Gasteiger partial charge in [-0.05, 0) is 48.5 Å². The van der Waals surface area contributed by atoms with Crippen molar-refractivity contribution in [3.05, 3.63) is 90.0 Å². The van der Waals surface area contributed by atoms with Gasteiger partial charge in [-0.15, -0.1) is 0 Å². The molecule has 0 saturated carbocycles. The molecule has 1 fully saturated rings. The van der Waals surface area contributed by atoms with Gasteiger partial charge in [-0.3, -0.25) is 9.52 Å². The summed E-state index contributed by atoms with van der Waals surface area (Å²) in [6.45, 7) is 1.82. The first-order chi connectivity index (χ1) is 15.3. The first-order valence-corrected chi connectivity index (χ1v) is 11.5. The SMILES string of the molecule is O=C(c1ccc(S(=O)(=O)Nc2ccccc2F)cc1)N1CCN(c2ccccc2F)CC1. The van der Waals surface area contributed by atoms with Crippen molar-refractivity contribution in [3.8, 4) is 0 Å². The average molecular weight is 458 g/mol. The van der Waals surface area contributed by atoms with E-state index in [-0.39, 0.29) is 22.3 Å². The molecule has 32 heavy (non-hydrogen) atoms. The molecule has 6 nitrogen and oxygen atoms in total. The monoisotopic (exact) mass is 457 g/mol. The molecule has 166 valence electrons. The van der Waals surface area contributed by atoms with Gasteiger partial charge in [-0.2, -0.15) is 0 Å². The Morgan fingerprint density at radius 2 is 1.38 bits per heavy atom. The highest BCUT2D eigenvalue weighted by atomic mass is 32.2. The summed E-state index contributed by atoms with van der Waals surface area (Å²) < 4.78 is 55.0. The zero-order valence-electron chi connectivity index (χ0n) is 17.0. The van der Waals surface area contributed by atoms with Gasteiger partial charge in [0, 0.05) is 31.7 Å². The lowest BCUT2D eigenvalue weighted by Crippen LogP contribution is -2.49. The highest BCUT2D eigenvalue weighted by Gasteiger charge is 2.24. The number of anilines is 2. The van der Waals surface area contributed by atoms with E-state index in [1.165, 1.54) is 48.5 Å². The Labute approximate surface area is 185 Å². The fourth-order valence-electron chi connectivity index (χ4n) is 3.57. The number of nitrogens with one attached hydrogen (secondary N) is 1. The zero-order chi connectivity index (χ0) is 22.7. The maximum Gasteiger partial charge on any atom is 0.261 e. The number of piperazine rings is 1. The van der Waals surface area contributed by atoms with Crippen LogP contribution >= 0.6 is 0 Å². The van der Waals surface area contributed by atoms with Gasteiger partial charge in [0.1, 0.15) is 11.6 Å². The maximum absolute atomic E-state index is 14.0. The average Bonchev–Trinajstić information content (AvgIpc) is 2.81. The van der Waals surface area contributed by atoms with Crippen molar-refractivity contribution in [2.45, 2.75) is 4.90 Å². The predicted molar refractivity (Wildman–Crippen MR) is 118 cm³/mol. The molecule has 0 bridgehead atoms. The minimum Gasteiger partial charge on any atom is -0.366 e. The molecular formula is C23H21F2N3O3S. The molecule has 1 saturated heterocycles. The summed E-state index contributed by atoms with van der Waals surface area (Å²) in [6, 6.07) is 17.5. The van der Waals surface area contributed by atoms with Crippen LogP contribution in [0.25, 0.3) is 0 Å². The first-order valence-electron chi connectivity index (χ1n) is 10.0. The Hall–Kier alpha value is -3.46. The standard InChI is InChI=1S/C23H21F2N3O3S/c24-19-5-1-3-7-21(19)26-32(30,31)18-11-9-17(10-12-18)23(29)28-15-13-27(14-16-28)22-8-4-2-6-20(22)25/h1-12,26H,13-16H2. The number of carbonyl (C=O) groups is 1. The van der Waals surface area contributed by atoms with Crippen LogP contribution in [0.3, 0.4) is 0 Å². The lowest BCUT2D eigenvalue weighted by Gasteiger charge is -2.36. The second-order valence-electron chi connectivity index (χ2n) is 7.34. The molecule has 0 spiro atoms. The van der Waals surface area contributed by atoms with Gasteiger partial charge < -0.3 is 9.80 Å². The second-order valence-corrected chi connectivity index (χ2v) is 9.02. The Bertz CT molecular complexity index is 1230. The molecule has 9 heteroatoms. The Balaban J connectivity index is 1.41. The van der Waals surface area contributed by atoms with Crippen LogP contribution < -0.4 is 9.62 Å². The molecule has 0 atom stereocenters. The van der Waals surface area contributed by atoms with Gasteiger partial charge in [0.15, 0.2) is 0 Å². The molecule has 1 amide bonds. The third kappa shape index (κ3) is 4.57. The normalized spacial score (nSPS) is 14.3. The molecule has 3 aromatic carbocycles. The molecule has 1 aliphatic heterocycles. The van der Waals surface area contributed by atoms with Crippen molar-refractivity contribution >= 4 is 27.3 Å². The summed E-state index contributed by atoms with van der Waals surface area (Å²) in [5, 5.41) is 0. The second kappa shape index (κ2) is 8.96. The highest BCUT2D eigenvalue weighted by molar-refractivity contribution is 7.92. The molecule has 0 aromatic heterocycles. The van der Waals surface area contributed by atoms with Gasteiger partial charge in [-0.25, -0.2) is 17.2 Å². The number of rotatable bonds is 5. The number of para-hydroxylation sites is 2. The van der Waals surface area contributed by atoms with E-state index >= 15 is 0 Å². The summed E-state index contributed by atoms with van der Waals surface area (Å²) in [6.07, 6.45) is 0. The van der Waals surface area contributed by atoms with Crippen LogP contribution in [0.4, 0.5) is 20.2 Å². The van der Waals surface area contributed by atoms with E-state index in [2.05, 4.69) is 4.72 Å². The van der Waals surface area contributed by atoms with Gasteiger partial charge in [0.05, 0.1) is 16.3 Å². The molecular weight excluding hydrogens is 436 g/mol. The molecule has 4 rings (SSSR count). The van der Waals surface area contributed by atoms with Crippen LogP contribution in [0.15, 0.2) is 77.7 Å². The van der Waals surface area contributed by atoms with E-state index in [9.17, 15) is 22.0 Å². The number of sulfonamides is 1. The van der Waals surface area contributed by atoms with Crippen molar-refractivity contribution in [2.24, 2.45) is 0 Å². The van der Waals surface area contributed by atoms with Crippen LogP contribution in [0.5, 0.6) is 0 Å². The van der Waals surface area contributed by atoms with Crippen molar-refractivity contribution in [1.29, 1.82) is 0 Å². The first kappa shape index (κ1) is 21.8. The maximum atomic E-state index is 14.0. The van der Waals surface area contributed by atoms with E-state index in [1.54, 1.807) is 23.1 Å². The Kier molecular flexibility index (Phi) is 6.09. The Morgan fingerprint density at radius 3 is 2.00 bits per heavy atom. The number of carbonyl (C=O) groups excluding carboxylic acids is 1. The summed E-state index contributed by atoms with van der Waals surface area (Å²) in [5.74, 6) is -1.21. The van der Waals surface area contributed by atoms with E-state index in [0.717, 1.165) is 6.07 Å². The topological polar surface area (TPSA) is 69.7 Å². The number of amides is 1. The number of hydrogen-bond acceptors (Lipinski definition) is 4. The van der Waals surface area contributed by atoms with Crippen molar-refractivity contribution in [2.75, 3.05) is 35.8 Å². The van der Waals surface area contributed by atoms with Crippen LogP contribution in [0, 0.1) is 11.6 Å². The van der Waals surface area contributed by atoms with Crippen LogP contribution in [0.2, 0.25) is 0 Å². The molecule has 0 unspecified atom stereocenters. The number of halogens is 2. The minimum atomic E-state index is -4.00. The lowest BCUT2D eigenvalue weighted by atomic mass is 10.1. The van der Waals surface area contributed by atoms with Crippen LogP contribution in [-0.2, 0) is 10.0 Å². The molecule has 1 heterocycles. The quantitative estimate of drug-likeness (QED) is 0.634. The highest BCUT2D eigenvalue weighted by Crippen LogP contribution is 2.22. The van der Waals surface area contributed by atoms with Gasteiger partial charge >= 0.3 is 0 Å². The smallest absolute Gasteiger partial charge is 0.261 e. The summed E-state index contributed by atoms with van der Waals surface area (Å²) in [4.78, 5) is 16.3. The molecule has 0 aliphatic carbocycles. The van der Waals surface area contributed by atoms with Crippen molar-refractivity contribution in [1.82, 2.24) is 4.90 Å². The number of benzene rings is 3. The van der Waals surface area contributed by atoms with Gasteiger partial charge in [0.2, 0.25) is 0 Å². The lowest BCUT2D eigenvalue weighted by molar-refractivity contribution is 0.0746. The van der Waals surface area contributed by atoms with Crippen molar-refractivity contribution in [3.63, 3.8) is 0 Å². The van der Waals surface area contributed by atoms with Gasteiger partial charge in [-0.1, -0.05) is 24.3 Å². The zero-order valence-corrected chi connectivity index (χ0v) is 17.9. The van der Waals surface area contributed by atoms with E-state index < -0.39 is 15.8 Å². The molecule has 1 aliphatic rings. The summed E-state index contributed by atoms with van der Waals surface area (Å²) >= 11 is 0. The van der Waals surface area contributed by atoms with Crippen molar-refractivity contribution < 1.29 is 22.0 Å². The van der Waals surface area contributed by atoms with E-state index in [0.29, 0.717) is 37.4 Å². The molecule has 3 aromatic rings.